The van der Waals surface area contributed by atoms with Crippen molar-refractivity contribution in [1.29, 1.82) is 0 Å². The molecule has 24 heavy (non-hydrogen) atoms. The zero-order chi connectivity index (χ0) is 17.5. The van der Waals surface area contributed by atoms with E-state index in [1.807, 2.05) is 0 Å². The molecule has 2 aromatic rings. The number of fused-ring (bicyclic) bond motifs is 1. The highest BCUT2D eigenvalue weighted by atomic mass is 79.9. The molecule has 0 saturated heterocycles. The van der Waals surface area contributed by atoms with Crippen LogP contribution in [0.25, 0.3) is 0 Å². The van der Waals surface area contributed by atoms with Crippen LogP contribution in [-0.2, 0) is 9.84 Å². The van der Waals surface area contributed by atoms with Crippen molar-refractivity contribution in [3.8, 4) is 5.75 Å². The van der Waals surface area contributed by atoms with Crippen LogP contribution in [0.15, 0.2) is 51.8 Å². The number of ether oxygens (including phenoxy) is 1. The molecule has 0 spiro atoms. The lowest BCUT2D eigenvalue weighted by atomic mass is 9.83. The summed E-state index contributed by atoms with van der Waals surface area (Å²) in [6, 6.07) is 11.8. The van der Waals surface area contributed by atoms with Crippen molar-refractivity contribution >= 4 is 31.6 Å². The van der Waals surface area contributed by atoms with Crippen LogP contribution in [-0.4, -0.2) is 21.3 Å². The van der Waals surface area contributed by atoms with E-state index in [-0.39, 0.29) is 23.0 Å². The van der Waals surface area contributed by atoms with E-state index in [9.17, 15) is 13.2 Å². The molecule has 0 radical (unpaired) electrons. The topological polar surface area (TPSA) is 60.4 Å². The van der Waals surface area contributed by atoms with E-state index >= 15 is 0 Å². The number of hydrogen-bond donors (Lipinski definition) is 0. The third-order valence-electron chi connectivity index (χ3n) is 4.37. The minimum atomic E-state index is -3.63. The van der Waals surface area contributed by atoms with Gasteiger partial charge in [0, 0.05) is 10.9 Å². The van der Waals surface area contributed by atoms with Gasteiger partial charge in [-0.15, -0.1) is 0 Å². The Bertz CT molecular complexity index is 891. The van der Waals surface area contributed by atoms with Crippen LogP contribution in [0.5, 0.6) is 5.75 Å². The van der Waals surface area contributed by atoms with Gasteiger partial charge in [-0.25, -0.2) is 8.42 Å². The lowest BCUT2D eigenvalue weighted by molar-refractivity contribution is 0.0948. The number of ketones is 1. The summed E-state index contributed by atoms with van der Waals surface area (Å²) in [5.74, 6) is 0.00661. The van der Waals surface area contributed by atoms with E-state index in [1.54, 1.807) is 49.4 Å². The molecular weight excluding hydrogens is 392 g/mol. The lowest BCUT2D eigenvalue weighted by Crippen LogP contribution is -2.30. The molecule has 0 amide bonds. The molecule has 0 heterocycles. The highest BCUT2D eigenvalue weighted by Gasteiger charge is 2.43. The van der Waals surface area contributed by atoms with E-state index in [1.165, 1.54) is 7.11 Å². The summed E-state index contributed by atoms with van der Waals surface area (Å²) in [7, 11) is -2.15. The Balaban J connectivity index is 2.28. The molecule has 0 aliphatic heterocycles. The summed E-state index contributed by atoms with van der Waals surface area (Å²) in [6.07, 6.45) is 0.177. The molecule has 0 N–H and O–H groups in total. The summed E-state index contributed by atoms with van der Waals surface area (Å²) in [5.41, 5.74) is 0.872. The summed E-state index contributed by atoms with van der Waals surface area (Å²) in [5, 5.41) is -0.794. The van der Waals surface area contributed by atoms with Crippen molar-refractivity contribution in [2.75, 3.05) is 7.11 Å². The van der Waals surface area contributed by atoms with E-state index in [4.69, 9.17) is 4.74 Å². The number of halogens is 1. The molecule has 0 unspecified atom stereocenters. The lowest BCUT2D eigenvalue weighted by Gasteiger charge is -2.32. The summed E-state index contributed by atoms with van der Waals surface area (Å²) >= 11 is 3.43. The smallest absolute Gasteiger partial charge is 0.185 e. The molecule has 3 rings (SSSR count). The second-order valence-corrected chi connectivity index (χ2v) is 8.85. The number of sulfone groups is 1. The number of rotatable bonds is 3. The van der Waals surface area contributed by atoms with Gasteiger partial charge >= 0.3 is 0 Å². The Labute approximate surface area is 149 Å². The molecule has 6 heteroatoms. The van der Waals surface area contributed by atoms with Gasteiger partial charge in [0.2, 0.25) is 0 Å². The fourth-order valence-electron chi connectivity index (χ4n) is 3.31. The molecule has 1 aliphatic rings. The third kappa shape index (κ3) is 2.67. The minimum Gasteiger partial charge on any atom is -0.496 e. The number of benzene rings is 2. The molecule has 0 fully saturated rings. The Kier molecular flexibility index (Phi) is 4.53. The van der Waals surface area contributed by atoms with Gasteiger partial charge < -0.3 is 4.74 Å². The Morgan fingerprint density at radius 3 is 2.42 bits per heavy atom. The molecule has 2 aromatic carbocycles. The quantitative estimate of drug-likeness (QED) is 0.763. The standard InChI is InChI=1S/C18H17BrO4S/c1-11-10-14(20)17-15(23-2)9-8-13(19)16(17)18(11)24(21,22)12-6-4-3-5-7-12/h3-9,11,18H,10H2,1-2H3/t11-,18-/m1/s1. The normalized spacial score (nSPS) is 20.5. The zero-order valence-electron chi connectivity index (χ0n) is 13.3. The van der Waals surface area contributed by atoms with E-state index in [0.29, 0.717) is 21.3 Å². The van der Waals surface area contributed by atoms with Crippen LogP contribution in [0.4, 0.5) is 0 Å². The first-order chi connectivity index (χ1) is 11.4. The Hall–Kier alpha value is -1.66. The first-order valence-corrected chi connectivity index (χ1v) is 9.90. The maximum atomic E-state index is 13.2. The highest BCUT2D eigenvalue weighted by Crippen LogP contribution is 2.47. The van der Waals surface area contributed by atoms with Crippen molar-refractivity contribution in [3.05, 3.63) is 58.1 Å². The molecule has 0 aromatic heterocycles. The van der Waals surface area contributed by atoms with Gasteiger partial charge in [-0.1, -0.05) is 41.1 Å². The van der Waals surface area contributed by atoms with Crippen molar-refractivity contribution in [2.24, 2.45) is 5.92 Å². The number of carbonyl (C=O) groups excluding carboxylic acids is 1. The first kappa shape index (κ1) is 17.2. The highest BCUT2D eigenvalue weighted by molar-refractivity contribution is 9.10. The Morgan fingerprint density at radius 2 is 1.79 bits per heavy atom. The fraction of sp³-hybridized carbons (Fsp3) is 0.278. The maximum Gasteiger partial charge on any atom is 0.185 e. The van der Waals surface area contributed by atoms with Gasteiger partial charge in [0.25, 0.3) is 0 Å². The molecule has 0 bridgehead atoms. The summed E-state index contributed by atoms with van der Waals surface area (Å²) in [6.45, 7) is 1.80. The SMILES string of the molecule is COc1ccc(Br)c2c1C(=O)C[C@@H](C)[C@H]2S(=O)(=O)c1ccccc1. The fourth-order valence-corrected chi connectivity index (χ4v) is 6.14. The van der Waals surface area contributed by atoms with Gasteiger partial charge in [-0.2, -0.15) is 0 Å². The zero-order valence-corrected chi connectivity index (χ0v) is 15.7. The number of carbonyl (C=O) groups is 1. The molecule has 1 aliphatic carbocycles. The second-order valence-electron chi connectivity index (χ2n) is 5.92. The third-order valence-corrected chi connectivity index (χ3v) is 7.36. The average molecular weight is 409 g/mol. The molecule has 2 atom stereocenters. The van der Waals surface area contributed by atoms with E-state index in [2.05, 4.69) is 15.9 Å². The van der Waals surface area contributed by atoms with Crippen LogP contribution >= 0.6 is 15.9 Å². The number of hydrogen-bond acceptors (Lipinski definition) is 4. The number of Topliss-reactive ketones (excluding diaryl/α,β-unsaturated/α-hetero) is 1. The van der Waals surface area contributed by atoms with Gasteiger partial charge in [0.15, 0.2) is 15.6 Å². The monoisotopic (exact) mass is 408 g/mol. The predicted molar refractivity (Wildman–Crippen MR) is 95.2 cm³/mol. The van der Waals surface area contributed by atoms with Crippen LogP contribution in [0, 0.1) is 5.92 Å². The van der Waals surface area contributed by atoms with Crippen molar-refractivity contribution in [2.45, 2.75) is 23.5 Å². The van der Waals surface area contributed by atoms with Crippen LogP contribution in [0.2, 0.25) is 0 Å². The average Bonchev–Trinajstić information content (AvgIpc) is 2.56. The van der Waals surface area contributed by atoms with Crippen LogP contribution in [0.3, 0.4) is 0 Å². The molecule has 126 valence electrons. The second kappa shape index (κ2) is 6.33. The van der Waals surface area contributed by atoms with E-state index in [0.717, 1.165) is 0 Å². The first-order valence-electron chi connectivity index (χ1n) is 7.56. The van der Waals surface area contributed by atoms with Gasteiger partial charge in [-0.05, 0) is 35.7 Å². The molecular formula is C18H17BrO4S. The van der Waals surface area contributed by atoms with Crippen LogP contribution in [0.1, 0.15) is 34.5 Å². The van der Waals surface area contributed by atoms with Gasteiger partial charge in [0.1, 0.15) is 5.75 Å². The minimum absolute atomic E-state index is 0.0878. The summed E-state index contributed by atoms with van der Waals surface area (Å²) in [4.78, 5) is 12.8. The Morgan fingerprint density at radius 1 is 1.12 bits per heavy atom. The predicted octanol–water partition coefficient (Wildman–Crippen LogP) is 4.20. The summed E-state index contributed by atoms with van der Waals surface area (Å²) < 4.78 is 32.4. The van der Waals surface area contributed by atoms with Gasteiger partial charge in [-0.3, -0.25) is 4.79 Å². The van der Waals surface area contributed by atoms with Crippen molar-refractivity contribution < 1.29 is 17.9 Å². The largest absolute Gasteiger partial charge is 0.496 e. The molecule has 4 nitrogen and oxygen atoms in total. The van der Waals surface area contributed by atoms with Crippen LogP contribution < -0.4 is 4.74 Å². The van der Waals surface area contributed by atoms with Gasteiger partial charge in [0.05, 0.1) is 22.8 Å². The maximum absolute atomic E-state index is 13.2. The number of methoxy groups -OCH3 is 1. The van der Waals surface area contributed by atoms with E-state index < -0.39 is 15.1 Å². The van der Waals surface area contributed by atoms with Crippen molar-refractivity contribution in [3.63, 3.8) is 0 Å². The van der Waals surface area contributed by atoms with Crippen molar-refractivity contribution in [1.82, 2.24) is 0 Å². The molecule has 0 saturated carbocycles.